The molecule has 0 fully saturated rings. The second-order valence-corrected chi connectivity index (χ2v) is 15.2. The van der Waals surface area contributed by atoms with E-state index in [4.69, 9.17) is 20.0 Å². The molecule has 0 aliphatic carbocycles. The van der Waals surface area contributed by atoms with Gasteiger partial charge in [0.2, 0.25) is 0 Å². The number of hydrogen-bond acceptors (Lipinski definition) is 7. The first-order chi connectivity index (χ1) is 30.1. The highest BCUT2D eigenvalue weighted by molar-refractivity contribution is 6.17. The number of para-hydroxylation sites is 1. The van der Waals surface area contributed by atoms with Gasteiger partial charge in [-0.3, -0.25) is 19.9 Å². The molecule has 0 N–H and O–H groups in total. The maximum atomic E-state index is 5.49. The van der Waals surface area contributed by atoms with Crippen LogP contribution in [0.25, 0.3) is 77.0 Å². The summed E-state index contributed by atoms with van der Waals surface area (Å²) in [6.45, 7) is 0. The average molecular weight is 784 g/mol. The van der Waals surface area contributed by atoms with Gasteiger partial charge in [-0.15, -0.1) is 0 Å². The molecule has 0 saturated carbocycles. The minimum absolute atomic E-state index is 0.486. The lowest BCUT2D eigenvalue weighted by molar-refractivity contribution is 0.377. The van der Waals surface area contributed by atoms with Crippen LogP contribution in [0.15, 0.2) is 211 Å². The maximum Gasteiger partial charge on any atom is 0.168 e. The zero-order valence-corrected chi connectivity index (χ0v) is 33.3. The van der Waals surface area contributed by atoms with Crippen molar-refractivity contribution in [2.45, 2.75) is 6.17 Å². The topological polar surface area (TPSA) is 79.5 Å². The Kier molecular flexibility index (Phi) is 8.97. The van der Waals surface area contributed by atoms with Gasteiger partial charge in [-0.2, -0.15) is 0 Å². The van der Waals surface area contributed by atoms with Gasteiger partial charge in [0.25, 0.3) is 0 Å². The van der Waals surface area contributed by atoms with Crippen LogP contribution in [0, 0.1) is 0 Å². The Morgan fingerprint density at radius 1 is 0.426 bits per heavy atom. The summed E-state index contributed by atoms with van der Waals surface area (Å²) in [6, 6.07) is 59.4. The van der Waals surface area contributed by atoms with Crippen LogP contribution in [0.3, 0.4) is 0 Å². The van der Waals surface area contributed by atoms with E-state index in [2.05, 4.69) is 148 Å². The first kappa shape index (κ1) is 36.0. The molecule has 0 saturated heterocycles. The van der Waals surface area contributed by atoms with Crippen molar-refractivity contribution in [3.8, 4) is 44.5 Å². The molecule has 288 valence electrons. The van der Waals surface area contributed by atoms with E-state index in [-0.39, 0.29) is 0 Å². The standard InChI is InChI=1S/C54H37N7/c1-61-53(50-46-16-4-2-10-36(46)22-27-57-50)59-52(60-54(61)51-47-17-5-3-11-37(47)23-28-58-51)44-33-42(39-13-8-12-38(30-39)35-20-25-55-26-21-35)32-43(34-44)40-14-9-15-41(31-40)45-24-29-56-49-19-7-6-18-48(45)49/h2-34,53H,1H3. The zero-order valence-electron chi connectivity index (χ0n) is 33.3. The number of benzene rings is 6. The first-order valence-corrected chi connectivity index (χ1v) is 20.3. The van der Waals surface area contributed by atoms with Crippen LogP contribution in [-0.4, -0.2) is 43.6 Å². The first-order valence-electron chi connectivity index (χ1n) is 20.3. The fraction of sp³-hybridized carbons (Fsp3) is 0.0370. The second kappa shape index (κ2) is 15.2. The maximum absolute atomic E-state index is 5.49. The SMILES string of the molecule is CN1C(c2nccc3ccccc23)=NC(c2cc(-c3cccc(-c4ccncc4)c3)cc(-c3cccc(-c4ccnc5ccccc45)c3)c2)=NC1c1nccc2ccccc12. The van der Waals surface area contributed by atoms with E-state index in [0.29, 0.717) is 5.84 Å². The van der Waals surface area contributed by atoms with Gasteiger partial charge in [-0.1, -0.05) is 103 Å². The van der Waals surface area contributed by atoms with Crippen LogP contribution < -0.4 is 0 Å². The van der Waals surface area contributed by atoms with Gasteiger partial charge in [0, 0.05) is 59.8 Å². The largest absolute Gasteiger partial charge is 0.331 e. The fourth-order valence-electron chi connectivity index (χ4n) is 8.50. The Morgan fingerprint density at radius 2 is 1.00 bits per heavy atom. The monoisotopic (exact) mass is 783 g/mol. The van der Waals surface area contributed by atoms with Gasteiger partial charge in [0.05, 0.1) is 11.2 Å². The summed E-state index contributed by atoms with van der Waals surface area (Å²) in [4.78, 5) is 31.9. The summed E-state index contributed by atoms with van der Waals surface area (Å²) in [7, 11) is 2.04. The summed E-state index contributed by atoms with van der Waals surface area (Å²) >= 11 is 0. The summed E-state index contributed by atoms with van der Waals surface area (Å²) in [5.74, 6) is 1.33. The highest BCUT2D eigenvalue weighted by atomic mass is 15.3. The third-order valence-electron chi connectivity index (χ3n) is 11.5. The van der Waals surface area contributed by atoms with Gasteiger partial charge >= 0.3 is 0 Å². The number of nitrogens with zero attached hydrogens (tertiary/aromatic N) is 7. The number of aliphatic imine (C=N–C) groups is 2. The zero-order chi connectivity index (χ0) is 40.7. The van der Waals surface area contributed by atoms with Gasteiger partial charge in [-0.25, -0.2) is 9.98 Å². The van der Waals surface area contributed by atoms with E-state index < -0.39 is 6.17 Å². The molecule has 1 atom stereocenters. The van der Waals surface area contributed by atoms with Crippen LogP contribution in [-0.2, 0) is 0 Å². The lowest BCUT2D eigenvalue weighted by Gasteiger charge is -2.32. The third-order valence-corrected chi connectivity index (χ3v) is 11.5. The number of amidine groups is 2. The van der Waals surface area contributed by atoms with Crippen molar-refractivity contribution in [3.05, 3.63) is 218 Å². The van der Waals surface area contributed by atoms with Crippen molar-refractivity contribution >= 4 is 44.1 Å². The molecule has 5 heterocycles. The van der Waals surface area contributed by atoms with Crippen molar-refractivity contribution in [2.24, 2.45) is 9.98 Å². The van der Waals surface area contributed by atoms with E-state index in [1.165, 1.54) is 0 Å². The van der Waals surface area contributed by atoms with Crippen LogP contribution in [0.5, 0.6) is 0 Å². The molecule has 61 heavy (non-hydrogen) atoms. The molecule has 0 spiro atoms. The van der Waals surface area contributed by atoms with Gasteiger partial charge in [0.15, 0.2) is 17.8 Å². The second-order valence-electron chi connectivity index (χ2n) is 15.2. The van der Waals surface area contributed by atoms with E-state index in [9.17, 15) is 0 Å². The number of aromatic nitrogens is 4. The minimum atomic E-state index is -0.486. The molecule has 4 aromatic heterocycles. The minimum Gasteiger partial charge on any atom is -0.331 e. The quantitative estimate of drug-likeness (QED) is 0.161. The van der Waals surface area contributed by atoms with E-state index in [1.807, 2.05) is 74.4 Å². The lowest BCUT2D eigenvalue weighted by Crippen LogP contribution is -2.36. The normalized spacial score (nSPS) is 14.0. The van der Waals surface area contributed by atoms with Crippen molar-refractivity contribution < 1.29 is 0 Å². The molecular formula is C54H37N7. The Labute approximate surface area is 353 Å². The van der Waals surface area contributed by atoms with E-state index in [1.54, 1.807) is 0 Å². The van der Waals surface area contributed by atoms with Crippen molar-refractivity contribution in [2.75, 3.05) is 7.05 Å². The Morgan fingerprint density at radius 3 is 1.77 bits per heavy atom. The molecule has 0 amide bonds. The fourth-order valence-corrected chi connectivity index (χ4v) is 8.50. The summed E-state index contributed by atoms with van der Waals surface area (Å²) in [5.41, 5.74) is 12.2. The van der Waals surface area contributed by atoms with E-state index >= 15 is 0 Å². The number of pyridine rings is 4. The van der Waals surface area contributed by atoms with Crippen LogP contribution >= 0.6 is 0 Å². The predicted molar refractivity (Wildman–Crippen MR) is 248 cm³/mol. The molecule has 7 nitrogen and oxygen atoms in total. The molecule has 0 radical (unpaired) electrons. The molecule has 0 bridgehead atoms. The Hall–Kier alpha value is -8.16. The molecule has 11 rings (SSSR count). The molecule has 1 aliphatic rings. The van der Waals surface area contributed by atoms with Crippen LogP contribution in [0.1, 0.15) is 23.1 Å². The Balaban J connectivity index is 1.14. The van der Waals surface area contributed by atoms with Crippen molar-refractivity contribution in [3.63, 3.8) is 0 Å². The third kappa shape index (κ3) is 6.68. The highest BCUT2D eigenvalue weighted by Gasteiger charge is 2.31. The molecule has 1 aliphatic heterocycles. The van der Waals surface area contributed by atoms with Gasteiger partial charge < -0.3 is 4.90 Å². The summed E-state index contributed by atoms with van der Waals surface area (Å²) in [5, 5.41) is 5.37. The van der Waals surface area contributed by atoms with Crippen LogP contribution in [0.2, 0.25) is 0 Å². The highest BCUT2D eigenvalue weighted by Crippen LogP contribution is 2.37. The summed E-state index contributed by atoms with van der Waals surface area (Å²) in [6.07, 6.45) is 8.80. The van der Waals surface area contributed by atoms with Crippen LogP contribution in [0.4, 0.5) is 0 Å². The number of fused-ring (bicyclic) bond motifs is 3. The number of rotatable bonds is 7. The summed E-state index contributed by atoms with van der Waals surface area (Å²) < 4.78 is 0. The molecule has 10 aromatic rings. The molecular weight excluding hydrogens is 747 g/mol. The average Bonchev–Trinajstić information content (AvgIpc) is 3.34. The van der Waals surface area contributed by atoms with Gasteiger partial charge in [0.1, 0.15) is 5.69 Å². The number of hydrogen-bond donors (Lipinski definition) is 0. The molecule has 7 heteroatoms. The van der Waals surface area contributed by atoms with Gasteiger partial charge in [-0.05, 0) is 122 Å². The Bertz CT molecular complexity index is 3340. The lowest BCUT2D eigenvalue weighted by atomic mass is 9.92. The van der Waals surface area contributed by atoms with E-state index in [0.717, 1.165) is 99.7 Å². The van der Waals surface area contributed by atoms with Crippen molar-refractivity contribution in [1.82, 2.24) is 24.8 Å². The molecule has 6 aromatic carbocycles. The molecule has 1 unspecified atom stereocenters. The van der Waals surface area contributed by atoms with Crippen molar-refractivity contribution in [1.29, 1.82) is 0 Å². The smallest absolute Gasteiger partial charge is 0.168 e. The predicted octanol–water partition coefficient (Wildman–Crippen LogP) is 12.2.